The summed E-state index contributed by atoms with van der Waals surface area (Å²) in [5, 5.41) is 5.67. The predicted molar refractivity (Wildman–Crippen MR) is 114 cm³/mol. The zero-order chi connectivity index (χ0) is 21.0. The van der Waals surface area contributed by atoms with Crippen LogP contribution in [0.15, 0.2) is 48.5 Å². The Bertz CT molecular complexity index is 1050. The van der Waals surface area contributed by atoms with Crippen LogP contribution in [0.2, 0.25) is 0 Å². The quantitative estimate of drug-likeness (QED) is 0.559. The van der Waals surface area contributed by atoms with Crippen molar-refractivity contribution in [2.45, 2.75) is 26.4 Å². The molecule has 1 heterocycles. The topological polar surface area (TPSA) is 80.3 Å². The maximum atomic E-state index is 14.0. The first-order valence-corrected chi connectivity index (χ1v) is 9.65. The van der Waals surface area contributed by atoms with Crippen LogP contribution in [0, 0.1) is 5.82 Å². The average Bonchev–Trinajstić information content (AvgIpc) is 3.04. The SMILES string of the molecule is CC(C)(C)OC(=O)Nc1cc(NC(=O)/C=C/c2nc3ccccc3s2)ccc1F. The molecule has 0 spiro atoms. The summed E-state index contributed by atoms with van der Waals surface area (Å²) in [4.78, 5) is 28.4. The van der Waals surface area contributed by atoms with Gasteiger partial charge in [0.2, 0.25) is 5.91 Å². The molecular weight excluding hydrogens is 393 g/mol. The molecule has 150 valence electrons. The third kappa shape index (κ3) is 5.86. The normalized spacial score (nSPS) is 11.6. The number of halogens is 1. The van der Waals surface area contributed by atoms with Crippen molar-refractivity contribution >= 4 is 51.0 Å². The Morgan fingerprint density at radius 2 is 1.90 bits per heavy atom. The first-order chi connectivity index (χ1) is 13.7. The summed E-state index contributed by atoms with van der Waals surface area (Å²) in [7, 11) is 0. The number of aromatic nitrogens is 1. The molecule has 2 aromatic carbocycles. The van der Waals surface area contributed by atoms with Crippen LogP contribution in [0.4, 0.5) is 20.6 Å². The van der Waals surface area contributed by atoms with Crippen molar-refractivity contribution in [3.05, 3.63) is 59.4 Å². The van der Waals surface area contributed by atoms with Crippen molar-refractivity contribution in [3.8, 4) is 0 Å². The zero-order valence-corrected chi connectivity index (χ0v) is 17.0. The van der Waals surface area contributed by atoms with Gasteiger partial charge in [-0.15, -0.1) is 11.3 Å². The number of carbonyl (C=O) groups is 2. The maximum Gasteiger partial charge on any atom is 0.412 e. The van der Waals surface area contributed by atoms with Crippen LogP contribution in [-0.2, 0) is 9.53 Å². The largest absolute Gasteiger partial charge is 0.444 e. The lowest BCUT2D eigenvalue weighted by Gasteiger charge is -2.20. The molecule has 0 radical (unpaired) electrons. The molecule has 0 fully saturated rings. The van der Waals surface area contributed by atoms with Crippen LogP contribution in [0.25, 0.3) is 16.3 Å². The smallest absolute Gasteiger partial charge is 0.412 e. The van der Waals surface area contributed by atoms with Crippen LogP contribution < -0.4 is 10.6 Å². The highest BCUT2D eigenvalue weighted by Crippen LogP contribution is 2.23. The highest BCUT2D eigenvalue weighted by molar-refractivity contribution is 7.19. The first-order valence-electron chi connectivity index (χ1n) is 8.84. The van der Waals surface area contributed by atoms with Crippen molar-refractivity contribution in [3.63, 3.8) is 0 Å². The Hall–Kier alpha value is -3.26. The van der Waals surface area contributed by atoms with E-state index in [2.05, 4.69) is 15.6 Å². The number of rotatable bonds is 4. The van der Waals surface area contributed by atoms with Gasteiger partial charge in [0.05, 0.1) is 15.9 Å². The van der Waals surface area contributed by atoms with E-state index in [9.17, 15) is 14.0 Å². The van der Waals surface area contributed by atoms with E-state index in [1.165, 1.54) is 29.5 Å². The van der Waals surface area contributed by atoms with Gasteiger partial charge in [-0.1, -0.05) is 12.1 Å². The summed E-state index contributed by atoms with van der Waals surface area (Å²) in [6.07, 6.45) is 2.18. The second-order valence-electron chi connectivity index (χ2n) is 7.16. The highest BCUT2D eigenvalue weighted by Gasteiger charge is 2.17. The van der Waals surface area contributed by atoms with Gasteiger partial charge in [-0.25, -0.2) is 14.2 Å². The molecule has 0 aliphatic rings. The molecule has 0 aliphatic carbocycles. The van der Waals surface area contributed by atoms with E-state index in [4.69, 9.17) is 4.74 Å². The number of para-hydroxylation sites is 1. The van der Waals surface area contributed by atoms with E-state index < -0.39 is 23.4 Å². The Morgan fingerprint density at radius 3 is 2.62 bits per heavy atom. The number of carbonyl (C=O) groups excluding carboxylic acids is 2. The number of nitrogens with one attached hydrogen (secondary N) is 2. The van der Waals surface area contributed by atoms with E-state index in [0.717, 1.165) is 16.3 Å². The van der Waals surface area contributed by atoms with E-state index in [1.807, 2.05) is 24.3 Å². The van der Waals surface area contributed by atoms with Gasteiger partial charge in [-0.3, -0.25) is 10.1 Å². The number of nitrogens with zero attached hydrogens (tertiary/aromatic N) is 1. The molecule has 2 N–H and O–H groups in total. The van der Waals surface area contributed by atoms with Gasteiger partial charge in [-0.05, 0) is 57.2 Å². The second kappa shape index (κ2) is 8.40. The number of anilines is 2. The van der Waals surface area contributed by atoms with Gasteiger partial charge in [0.25, 0.3) is 0 Å². The zero-order valence-electron chi connectivity index (χ0n) is 16.2. The molecule has 0 unspecified atom stereocenters. The predicted octanol–water partition coefficient (Wildman–Crippen LogP) is 5.43. The lowest BCUT2D eigenvalue weighted by Crippen LogP contribution is -2.27. The molecule has 3 aromatic rings. The third-order valence-electron chi connectivity index (χ3n) is 3.56. The first kappa shape index (κ1) is 20.5. The molecule has 0 bridgehead atoms. The van der Waals surface area contributed by atoms with Crippen molar-refractivity contribution in [2.24, 2.45) is 0 Å². The molecular formula is C21H20FN3O3S. The van der Waals surface area contributed by atoms with Crippen molar-refractivity contribution in [2.75, 3.05) is 10.6 Å². The van der Waals surface area contributed by atoms with Crippen molar-refractivity contribution < 1.29 is 18.7 Å². The number of thiazole rings is 1. The minimum absolute atomic E-state index is 0.0906. The number of hydrogen-bond donors (Lipinski definition) is 2. The van der Waals surface area contributed by atoms with E-state index in [0.29, 0.717) is 10.7 Å². The van der Waals surface area contributed by atoms with Crippen LogP contribution in [0.3, 0.4) is 0 Å². The van der Waals surface area contributed by atoms with Crippen LogP contribution in [0.5, 0.6) is 0 Å². The summed E-state index contributed by atoms with van der Waals surface area (Å²) < 4.78 is 20.1. The number of benzene rings is 2. The fraction of sp³-hybridized carbons (Fsp3) is 0.190. The fourth-order valence-electron chi connectivity index (χ4n) is 2.40. The van der Waals surface area contributed by atoms with Gasteiger partial charge in [-0.2, -0.15) is 0 Å². The summed E-state index contributed by atoms with van der Waals surface area (Å²) in [6.45, 7) is 5.12. The van der Waals surface area contributed by atoms with Crippen LogP contribution in [0.1, 0.15) is 25.8 Å². The summed E-state index contributed by atoms with van der Waals surface area (Å²) in [6, 6.07) is 11.6. The number of amides is 2. The van der Waals surface area contributed by atoms with Crippen LogP contribution in [-0.4, -0.2) is 22.6 Å². The van der Waals surface area contributed by atoms with E-state index >= 15 is 0 Å². The Labute approximate surface area is 171 Å². The number of ether oxygens (including phenoxy) is 1. The van der Waals surface area contributed by atoms with Gasteiger partial charge >= 0.3 is 6.09 Å². The van der Waals surface area contributed by atoms with E-state index in [1.54, 1.807) is 26.8 Å². The number of hydrogen-bond acceptors (Lipinski definition) is 5. The molecule has 0 atom stereocenters. The second-order valence-corrected chi connectivity index (χ2v) is 8.23. The lowest BCUT2D eigenvalue weighted by molar-refractivity contribution is -0.111. The number of fused-ring (bicyclic) bond motifs is 1. The monoisotopic (exact) mass is 413 g/mol. The minimum Gasteiger partial charge on any atom is -0.444 e. The molecule has 0 aliphatic heterocycles. The highest BCUT2D eigenvalue weighted by atomic mass is 32.1. The molecule has 6 nitrogen and oxygen atoms in total. The van der Waals surface area contributed by atoms with E-state index in [-0.39, 0.29) is 5.69 Å². The minimum atomic E-state index is -0.782. The molecule has 8 heteroatoms. The van der Waals surface area contributed by atoms with Gasteiger partial charge < -0.3 is 10.1 Å². The van der Waals surface area contributed by atoms with Crippen LogP contribution >= 0.6 is 11.3 Å². The van der Waals surface area contributed by atoms with Gasteiger partial charge in [0.15, 0.2) is 0 Å². The molecule has 0 saturated carbocycles. The molecule has 3 rings (SSSR count). The molecule has 29 heavy (non-hydrogen) atoms. The third-order valence-corrected chi connectivity index (χ3v) is 4.56. The lowest BCUT2D eigenvalue weighted by atomic mass is 10.2. The standard InChI is InChI=1S/C21H20FN3O3S/c1-21(2,3)28-20(27)25-16-12-13(8-9-14(16)22)23-18(26)10-11-19-24-15-6-4-5-7-17(15)29-19/h4-12H,1-3H3,(H,23,26)(H,25,27)/b11-10+. The molecule has 1 aromatic heterocycles. The van der Waals surface area contributed by atoms with Gasteiger partial charge in [0, 0.05) is 11.8 Å². The van der Waals surface area contributed by atoms with Crippen molar-refractivity contribution in [1.82, 2.24) is 4.98 Å². The summed E-state index contributed by atoms with van der Waals surface area (Å²) in [5.41, 5.74) is 0.398. The Kier molecular flexibility index (Phi) is 5.93. The molecule has 0 saturated heterocycles. The average molecular weight is 413 g/mol. The summed E-state index contributed by atoms with van der Waals surface area (Å²) in [5.74, 6) is -1.04. The summed E-state index contributed by atoms with van der Waals surface area (Å²) >= 11 is 1.47. The fourth-order valence-corrected chi connectivity index (χ4v) is 3.27. The van der Waals surface area contributed by atoms with Gasteiger partial charge in [0.1, 0.15) is 16.4 Å². The molecule has 2 amide bonds. The Morgan fingerprint density at radius 1 is 1.14 bits per heavy atom. The van der Waals surface area contributed by atoms with Crippen molar-refractivity contribution in [1.29, 1.82) is 0 Å². The Balaban J connectivity index is 1.66. The maximum absolute atomic E-state index is 14.0.